The van der Waals surface area contributed by atoms with Crippen molar-refractivity contribution in [3.63, 3.8) is 0 Å². The van der Waals surface area contributed by atoms with Crippen molar-refractivity contribution < 1.29 is 0 Å². The summed E-state index contributed by atoms with van der Waals surface area (Å²) in [6, 6.07) is 3.84. The Balaban J connectivity index is 2.14. The van der Waals surface area contributed by atoms with Crippen molar-refractivity contribution in [2.75, 3.05) is 6.54 Å². The molecule has 0 radical (unpaired) electrons. The quantitative estimate of drug-likeness (QED) is 0.775. The van der Waals surface area contributed by atoms with E-state index >= 15 is 0 Å². The van der Waals surface area contributed by atoms with E-state index in [0.29, 0.717) is 18.1 Å². The molecule has 0 fully saturated rings. The molecular formula is C13H14N4O. The Kier molecular flexibility index (Phi) is 2.68. The van der Waals surface area contributed by atoms with Gasteiger partial charge in [0.25, 0.3) is 5.56 Å². The highest BCUT2D eigenvalue weighted by atomic mass is 16.1. The van der Waals surface area contributed by atoms with Crippen LogP contribution in [0.3, 0.4) is 0 Å². The Hall–Kier alpha value is -2.01. The third-order valence-electron chi connectivity index (χ3n) is 3.10. The fourth-order valence-corrected chi connectivity index (χ4v) is 2.16. The molecule has 0 aliphatic carbocycles. The predicted octanol–water partition coefficient (Wildman–Crippen LogP) is 0.786. The Bertz CT molecular complexity index is 648. The van der Waals surface area contributed by atoms with E-state index in [2.05, 4.69) is 20.3 Å². The lowest BCUT2D eigenvalue weighted by Crippen LogP contribution is -2.31. The van der Waals surface area contributed by atoms with Crippen LogP contribution in [0.15, 0.2) is 23.1 Å². The minimum absolute atomic E-state index is 0.0418. The summed E-state index contributed by atoms with van der Waals surface area (Å²) in [5, 5.41) is 3.22. The van der Waals surface area contributed by atoms with Crippen molar-refractivity contribution >= 4 is 0 Å². The number of aromatic amines is 1. The van der Waals surface area contributed by atoms with Gasteiger partial charge in [0, 0.05) is 18.3 Å². The van der Waals surface area contributed by atoms with Crippen molar-refractivity contribution in [3.05, 3.63) is 45.5 Å². The number of fused-ring (bicyclic) bond motifs is 1. The normalized spacial score (nSPS) is 14.3. The molecule has 2 aromatic rings. The minimum atomic E-state index is -0.0418. The molecule has 3 rings (SSSR count). The average molecular weight is 242 g/mol. The maximum atomic E-state index is 12.0. The van der Waals surface area contributed by atoms with E-state index in [1.807, 2.05) is 19.1 Å². The molecule has 0 spiro atoms. The van der Waals surface area contributed by atoms with Gasteiger partial charge in [0.2, 0.25) is 0 Å². The highest BCUT2D eigenvalue weighted by molar-refractivity contribution is 5.50. The molecule has 0 aromatic carbocycles. The van der Waals surface area contributed by atoms with E-state index in [-0.39, 0.29) is 5.56 Å². The van der Waals surface area contributed by atoms with Crippen LogP contribution in [-0.2, 0) is 13.0 Å². The van der Waals surface area contributed by atoms with Crippen LogP contribution in [0.1, 0.15) is 16.8 Å². The summed E-state index contributed by atoms with van der Waals surface area (Å²) in [6.45, 7) is 3.47. The zero-order valence-electron chi connectivity index (χ0n) is 10.2. The van der Waals surface area contributed by atoms with E-state index in [1.165, 1.54) is 0 Å². The van der Waals surface area contributed by atoms with Gasteiger partial charge in [0.15, 0.2) is 5.82 Å². The third kappa shape index (κ3) is 1.93. The van der Waals surface area contributed by atoms with Crippen LogP contribution in [0.2, 0.25) is 0 Å². The molecule has 3 heterocycles. The molecule has 5 heteroatoms. The molecule has 2 N–H and O–H groups in total. The molecule has 0 bridgehead atoms. The molecule has 1 aliphatic rings. The van der Waals surface area contributed by atoms with Gasteiger partial charge in [-0.05, 0) is 37.6 Å². The standard InChI is InChI=1S/C13H14N4O/c1-8-2-5-15-10(6-8)12-16-11-7-14-4-3-9(11)13(18)17-12/h2,5-6,14H,3-4,7H2,1H3,(H,16,17,18). The van der Waals surface area contributed by atoms with Gasteiger partial charge in [-0.1, -0.05) is 0 Å². The first-order chi connectivity index (χ1) is 8.74. The summed E-state index contributed by atoms with van der Waals surface area (Å²) >= 11 is 0. The Labute approximate surface area is 104 Å². The maximum absolute atomic E-state index is 12.0. The molecule has 18 heavy (non-hydrogen) atoms. The van der Waals surface area contributed by atoms with Gasteiger partial charge in [-0.2, -0.15) is 0 Å². The van der Waals surface area contributed by atoms with Gasteiger partial charge < -0.3 is 10.3 Å². The largest absolute Gasteiger partial charge is 0.311 e. The molecule has 2 aromatic heterocycles. The number of H-pyrrole nitrogens is 1. The summed E-state index contributed by atoms with van der Waals surface area (Å²) in [5.74, 6) is 0.547. The molecule has 0 saturated heterocycles. The van der Waals surface area contributed by atoms with E-state index in [9.17, 15) is 4.79 Å². The first kappa shape index (κ1) is 11.1. The van der Waals surface area contributed by atoms with Crippen LogP contribution in [0.4, 0.5) is 0 Å². The molecule has 0 unspecified atom stereocenters. The van der Waals surface area contributed by atoms with E-state index < -0.39 is 0 Å². The lowest BCUT2D eigenvalue weighted by molar-refractivity contribution is 0.619. The number of aromatic nitrogens is 3. The number of aryl methyl sites for hydroxylation is 1. The SMILES string of the molecule is Cc1ccnc(-c2nc3c(c(=O)[nH]2)CCNC3)c1. The topological polar surface area (TPSA) is 70.7 Å². The second-order valence-corrected chi connectivity index (χ2v) is 4.48. The smallest absolute Gasteiger partial charge is 0.254 e. The third-order valence-corrected chi connectivity index (χ3v) is 3.10. The van der Waals surface area contributed by atoms with Gasteiger partial charge in [-0.3, -0.25) is 9.78 Å². The van der Waals surface area contributed by atoms with E-state index in [0.717, 1.165) is 29.8 Å². The molecule has 92 valence electrons. The fraction of sp³-hybridized carbons (Fsp3) is 0.308. The second-order valence-electron chi connectivity index (χ2n) is 4.48. The summed E-state index contributed by atoms with van der Waals surface area (Å²) in [4.78, 5) is 23.6. The van der Waals surface area contributed by atoms with Crippen LogP contribution in [0.25, 0.3) is 11.5 Å². The summed E-state index contributed by atoms with van der Waals surface area (Å²) in [6.07, 6.45) is 2.46. The highest BCUT2D eigenvalue weighted by Crippen LogP contribution is 2.14. The van der Waals surface area contributed by atoms with Crippen LogP contribution in [-0.4, -0.2) is 21.5 Å². The summed E-state index contributed by atoms with van der Waals surface area (Å²) < 4.78 is 0. The van der Waals surface area contributed by atoms with Gasteiger partial charge in [0.05, 0.1) is 5.69 Å². The van der Waals surface area contributed by atoms with Crippen LogP contribution >= 0.6 is 0 Å². The van der Waals surface area contributed by atoms with E-state index in [1.54, 1.807) is 6.20 Å². The number of rotatable bonds is 1. The van der Waals surface area contributed by atoms with Gasteiger partial charge in [0.1, 0.15) is 5.69 Å². The molecule has 5 nitrogen and oxygen atoms in total. The first-order valence-electron chi connectivity index (χ1n) is 6.00. The Morgan fingerprint density at radius 2 is 2.28 bits per heavy atom. The van der Waals surface area contributed by atoms with Crippen LogP contribution in [0.5, 0.6) is 0 Å². The second kappa shape index (κ2) is 4.34. The molecular weight excluding hydrogens is 228 g/mol. The van der Waals surface area contributed by atoms with Gasteiger partial charge in [-0.15, -0.1) is 0 Å². The average Bonchev–Trinajstić information content (AvgIpc) is 2.39. The zero-order valence-corrected chi connectivity index (χ0v) is 10.2. The number of hydrogen-bond acceptors (Lipinski definition) is 4. The Morgan fingerprint density at radius 3 is 3.11 bits per heavy atom. The predicted molar refractivity (Wildman–Crippen MR) is 68.2 cm³/mol. The molecule has 1 aliphatic heterocycles. The molecule has 0 amide bonds. The number of nitrogens with one attached hydrogen (secondary N) is 2. The first-order valence-corrected chi connectivity index (χ1v) is 6.00. The van der Waals surface area contributed by atoms with Gasteiger partial charge >= 0.3 is 0 Å². The number of nitrogens with zero attached hydrogens (tertiary/aromatic N) is 2. The van der Waals surface area contributed by atoms with Gasteiger partial charge in [-0.25, -0.2) is 4.98 Å². The summed E-state index contributed by atoms with van der Waals surface area (Å²) in [5.41, 5.74) is 3.40. The van der Waals surface area contributed by atoms with Crippen molar-refractivity contribution in [1.29, 1.82) is 0 Å². The van der Waals surface area contributed by atoms with Crippen molar-refractivity contribution in [2.45, 2.75) is 19.9 Å². The molecule has 0 saturated carbocycles. The van der Waals surface area contributed by atoms with Crippen LogP contribution < -0.4 is 10.9 Å². The minimum Gasteiger partial charge on any atom is -0.311 e. The zero-order chi connectivity index (χ0) is 12.5. The monoisotopic (exact) mass is 242 g/mol. The number of pyridine rings is 1. The Morgan fingerprint density at radius 1 is 1.39 bits per heavy atom. The van der Waals surface area contributed by atoms with Crippen LogP contribution in [0, 0.1) is 6.92 Å². The molecule has 0 atom stereocenters. The maximum Gasteiger partial charge on any atom is 0.254 e. The van der Waals surface area contributed by atoms with Crippen molar-refractivity contribution in [1.82, 2.24) is 20.3 Å². The van der Waals surface area contributed by atoms with E-state index in [4.69, 9.17) is 0 Å². The lowest BCUT2D eigenvalue weighted by Gasteiger charge is -2.15. The van der Waals surface area contributed by atoms with Crippen molar-refractivity contribution in [3.8, 4) is 11.5 Å². The lowest BCUT2D eigenvalue weighted by atomic mass is 10.1. The summed E-state index contributed by atoms with van der Waals surface area (Å²) in [7, 11) is 0. The number of hydrogen-bond donors (Lipinski definition) is 2. The van der Waals surface area contributed by atoms with Crippen molar-refractivity contribution in [2.24, 2.45) is 0 Å². The fourth-order valence-electron chi connectivity index (χ4n) is 2.16. The highest BCUT2D eigenvalue weighted by Gasteiger charge is 2.16.